The van der Waals surface area contributed by atoms with Crippen LogP contribution in [-0.4, -0.2) is 21.5 Å². The van der Waals surface area contributed by atoms with Crippen molar-refractivity contribution in [2.24, 2.45) is 5.14 Å². The fourth-order valence-electron chi connectivity index (χ4n) is 1.91. The van der Waals surface area contributed by atoms with Gasteiger partial charge >= 0.3 is 0 Å². The zero-order chi connectivity index (χ0) is 11.2. The van der Waals surface area contributed by atoms with Crippen LogP contribution in [0.5, 0.6) is 0 Å². The van der Waals surface area contributed by atoms with Crippen LogP contribution in [0.1, 0.15) is 12.5 Å². The minimum Gasteiger partial charge on any atom is -0.371 e. The highest BCUT2D eigenvalue weighted by molar-refractivity contribution is 7.89. The van der Waals surface area contributed by atoms with E-state index in [0.717, 1.165) is 12.1 Å². The summed E-state index contributed by atoms with van der Waals surface area (Å²) in [6, 6.07) is 5.47. The number of primary sulfonamides is 1. The molecule has 5 heteroatoms. The van der Waals surface area contributed by atoms with Crippen molar-refractivity contribution < 1.29 is 8.42 Å². The van der Waals surface area contributed by atoms with Crippen LogP contribution in [0.4, 0.5) is 5.69 Å². The lowest BCUT2D eigenvalue weighted by molar-refractivity contribution is 0.598. The van der Waals surface area contributed by atoms with Crippen molar-refractivity contribution in [1.29, 1.82) is 0 Å². The zero-order valence-corrected chi connectivity index (χ0v) is 9.58. The van der Waals surface area contributed by atoms with E-state index in [-0.39, 0.29) is 4.90 Å². The Hall–Kier alpha value is -1.07. The topological polar surface area (TPSA) is 63.4 Å². The first-order valence-electron chi connectivity index (χ1n) is 4.78. The molecule has 1 aliphatic rings. The van der Waals surface area contributed by atoms with Crippen LogP contribution >= 0.6 is 0 Å². The second-order valence-electron chi connectivity index (χ2n) is 4.00. The maximum Gasteiger partial charge on any atom is 0.238 e. The van der Waals surface area contributed by atoms with Crippen molar-refractivity contribution in [2.45, 2.75) is 24.3 Å². The summed E-state index contributed by atoms with van der Waals surface area (Å²) in [5.74, 6) is 0. The molecule has 0 bridgehead atoms. The molecule has 1 aromatic carbocycles. The van der Waals surface area contributed by atoms with E-state index in [2.05, 4.69) is 11.8 Å². The van der Waals surface area contributed by atoms with Gasteiger partial charge in [0.25, 0.3) is 0 Å². The highest BCUT2D eigenvalue weighted by atomic mass is 32.2. The standard InChI is InChI=1S/C10H14N2O2S/c1-7-5-8-3-4-9(15(11,13)14)6-10(8)12(7)2/h3-4,6-7H,5H2,1-2H3,(H2,11,13,14). The predicted octanol–water partition coefficient (Wildman–Crippen LogP) is 0.715. The molecule has 1 aliphatic heterocycles. The third kappa shape index (κ3) is 1.72. The lowest BCUT2D eigenvalue weighted by atomic mass is 10.1. The van der Waals surface area contributed by atoms with Gasteiger partial charge in [-0.25, -0.2) is 13.6 Å². The minimum atomic E-state index is -3.59. The fourth-order valence-corrected chi connectivity index (χ4v) is 2.45. The summed E-state index contributed by atoms with van der Waals surface area (Å²) < 4.78 is 22.4. The largest absolute Gasteiger partial charge is 0.371 e. The number of benzene rings is 1. The smallest absolute Gasteiger partial charge is 0.238 e. The number of sulfonamides is 1. The Morgan fingerprint density at radius 2 is 2.13 bits per heavy atom. The summed E-state index contributed by atoms with van der Waals surface area (Å²) in [4.78, 5) is 2.26. The SMILES string of the molecule is CC1Cc2ccc(S(N)(=O)=O)cc2N1C. The highest BCUT2D eigenvalue weighted by Crippen LogP contribution is 2.32. The van der Waals surface area contributed by atoms with Gasteiger partial charge in [0, 0.05) is 18.8 Å². The molecular weight excluding hydrogens is 212 g/mol. The molecule has 15 heavy (non-hydrogen) atoms. The number of hydrogen-bond acceptors (Lipinski definition) is 3. The number of nitrogens with two attached hydrogens (primary N) is 1. The van der Waals surface area contributed by atoms with E-state index >= 15 is 0 Å². The van der Waals surface area contributed by atoms with Crippen molar-refractivity contribution in [2.75, 3.05) is 11.9 Å². The molecule has 1 heterocycles. The number of likely N-dealkylation sites (N-methyl/N-ethyl adjacent to an activating group) is 1. The Morgan fingerprint density at radius 3 is 2.73 bits per heavy atom. The first-order chi connectivity index (χ1) is 6.89. The average molecular weight is 226 g/mol. The van der Waals surface area contributed by atoms with Gasteiger partial charge in [-0.3, -0.25) is 0 Å². The Kier molecular flexibility index (Phi) is 2.24. The number of nitrogens with zero attached hydrogens (tertiary/aromatic N) is 1. The van der Waals surface area contributed by atoms with Crippen LogP contribution < -0.4 is 10.0 Å². The van der Waals surface area contributed by atoms with Gasteiger partial charge in [-0.2, -0.15) is 0 Å². The quantitative estimate of drug-likeness (QED) is 0.767. The van der Waals surface area contributed by atoms with Crippen molar-refractivity contribution in [3.05, 3.63) is 23.8 Å². The molecular formula is C10H14N2O2S. The summed E-state index contributed by atoms with van der Waals surface area (Å²) in [5, 5.41) is 5.08. The predicted molar refractivity (Wildman–Crippen MR) is 59.4 cm³/mol. The van der Waals surface area contributed by atoms with Crippen LogP contribution in [0.25, 0.3) is 0 Å². The van der Waals surface area contributed by atoms with Crippen LogP contribution in [0, 0.1) is 0 Å². The second kappa shape index (κ2) is 3.21. The minimum absolute atomic E-state index is 0.183. The number of anilines is 1. The number of rotatable bonds is 1. The molecule has 0 aromatic heterocycles. The Bertz CT molecular complexity index is 496. The molecule has 0 saturated carbocycles. The summed E-state index contributed by atoms with van der Waals surface area (Å²) in [5.41, 5.74) is 2.14. The van der Waals surface area contributed by atoms with Crippen molar-refractivity contribution in [3.8, 4) is 0 Å². The van der Waals surface area contributed by atoms with Gasteiger partial charge in [0.05, 0.1) is 4.90 Å². The Morgan fingerprint density at radius 1 is 1.47 bits per heavy atom. The third-order valence-electron chi connectivity index (χ3n) is 2.94. The van der Waals surface area contributed by atoms with Gasteiger partial charge in [0.1, 0.15) is 0 Å². The molecule has 82 valence electrons. The molecule has 2 rings (SSSR count). The normalized spacial score (nSPS) is 20.5. The van der Waals surface area contributed by atoms with Crippen molar-refractivity contribution in [3.63, 3.8) is 0 Å². The maximum atomic E-state index is 11.2. The molecule has 0 saturated heterocycles. The number of fused-ring (bicyclic) bond motifs is 1. The molecule has 0 radical (unpaired) electrons. The molecule has 0 spiro atoms. The molecule has 2 N–H and O–H groups in total. The molecule has 0 aliphatic carbocycles. The molecule has 1 unspecified atom stereocenters. The van der Waals surface area contributed by atoms with Gasteiger partial charge in [-0.15, -0.1) is 0 Å². The van der Waals surface area contributed by atoms with Crippen LogP contribution in [0.3, 0.4) is 0 Å². The summed E-state index contributed by atoms with van der Waals surface area (Å²) in [6.45, 7) is 2.11. The molecule has 1 atom stereocenters. The van der Waals surface area contributed by atoms with Gasteiger partial charge in [-0.05, 0) is 31.0 Å². The lowest BCUT2D eigenvalue weighted by Gasteiger charge is -2.18. The second-order valence-corrected chi connectivity index (χ2v) is 5.56. The Balaban J connectivity index is 2.54. The van der Waals surface area contributed by atoms with E-state index in [1.165, 1.54) is 5.56 Å². The van der Waals surface area contributed by atoms with Crippen LogP contribution in [0.15, 0.2) is 23.1 Å². The first-order valence-corrected chi connectivity index (χ1v) is 6.33. The maximum absolute atomic E-state index is 11.2. The molecule has 0 fully saturated rings. The number of hydrogen-bond donors (Lipinski definition) is 1. The molecule has 4 nitrogen and oxygen atoms in total. The molecule has 0 amide bonds. The summed E-state index contributed by atoms with van der Waals surface area (Å²) in [7, 11) is -1.63. The lowest BCUT2D eigenvalue weighted by Crippen LogP contribution is -2.24. The summed E-state index contributed by atoms with van der Waals surface area (Å²) in [6.07, 6.45) is 0.955. The van der Waals surface area contributed by atoms with E-state index in [1.807, 2.05) is 13.1 Å². The third-order valence-corrected chi connectivity index (χ3v) is 3.85. The van der Waals surface area contributed by atoms with Gasteiger partial charge < -0.3 is 4.90 Å². The first kappa shape index (κ1) is 10.4. The van der Waals surface area contributed by atoms with Gasteiger partial charge in [-0.1, -0.05) is 6.07 Å². The summed E-state index contributed by atoms with van der Waals surface area (Å²) >= 11 is 0. The average Bonchev–Trinajstić information content (AvgIpc) is 2.41. The van der Waals surface area contributed by atoms with E-state index in [9.17, 15) is 8.42 Å². The van der Waals surface area contributed by atoms with Gasteiger partial charge in [0.2, 0.25) is 10.0 Å². The Labute approximate surface area is 89.7 Å². The van der Waals surface area contributed by atoms with E-state index in [1.54, 1.807) is 12.1 Å². The molecule has 1 aromatic rings. The monoisotopic (exact) mass is 226 g/mol. The van der Waals surface area contributed by atoms with E-state index in [4.69, 9.17) is 5.14 Å². The van der Waals surface area contributed by atoms with Crippen LogP contribution in [-0.2, 0) is 16.4 Å². The van der Waals surface area contributed by atoms with Crippen LogP contribution in [0.2, 0.25) is 0 Å². The van der Waals surface area contributed by atoms with E-state index in [0.29, 0.717) is 6.04 Å². The zero-order valence-electron chi connectivity index (χ0n) is 8.77. The van der Waals surface area contributed by atoms with Crippen molar-refractivity contribution >= 4 is 15.7 Å². The van der Waals surface area contributed by atoms with E-state index < -0.39 is 10.0 Å². The highest BCUT2D eigenvalue weighted by Gasteiger charge is 2.24. The van der Waals surface area contributed by atoms with Gasteiger partial charge in [0.15, 0.2) is 0 Å². The fraction of sp³-hybridized carbons (Fsp3) is 0.400. The van der Waals surface area contributed by atoms with Crippen molar-refractivity contribution in [1.82, 2.24) is 0 Å².